The number of halogens is 1. The van der Waals surface area contributed by atoms with E-state index in [1.807, 2.05) is 40.1 Å². The summed E-state index contributed by atoms with van der Waals surface area (Å²) >= 11 is 6.22. The molecule has 1 aromatic heterocycles. The number of rotatable bonds is 7. The molecule has 0 saturated carbocycles. The third-order valence-electron chi connectivity index (χ3n) is 3.66. The Balaban J connectivity index is 1.97. The fourth-order valence-electron chi connectivity index (χ4n) is 2.41. The Morgan fingerprint density at radius 3 is 2.56 bits per heavy atom. The Morgan fingerprint density at radius 2 is 1.96 bits per heavy atom. The van der Waals surface area contributed by atoms with Gasteiger partial charge in [0.2, 0.25) is 0 Å². The second kappa shape index (κ2) is 8.78. The summed E-state index contributed by atoms with van der Waals surface area (Å²) in [6.07, 6.45) is 1.00. The van der Waals surface area contributed by atoms with Gasteiger partial charge in [0.25, 0.3) is 5.91 Å². The monoisotopic (exact) mass is 361 g/mol. The van der Waals surface area contributed by atoms with Crippen LogP contribution in [0.2, 0.25) is 5.02 Å². The van der Waals surface area contributed by atoms with Gasteiger partial charge in [-0.25, -0.2) is 0 Å². The van der Waals surface area contributed by atoms with E-state index in [4.69, 9.17) is 11.6 Å². The number of hydrogen-bond acceptors (Lipinski definition) is 5. The standard InChI is InChI=1S/C18H24ClN5O/c1-12-10-13(2)17(14(19)11-12)21-18(25)15-6-7-16(23-22-15)20-8-5-9-24(3)4/h6-7,10-11H,5,8-9H2,1-4H3,(H,20,23)(H,21,25). The molecule has 0 aliphatic carbocycles. The normalized spacial score (nSPS) is 10.8. The molecule has 134 valence electrons. The van der Waals surface area contributed by atoms with Crippen molar-refractivity contribution in [1.29, 1.82) is 0 Å². The predicted molar refractivity (Wildman–Crippen MR) is 103 cm³/mol. The van der Waals surface area contributed by atoms with Gasteiger partial charge in [0, 0.05) is 6.54 Å². The second-order valence-electron chi connectivity index (χ2n) is 6.28. The van der Waals surface area contributed by atoms with Gasteiger partial charge in [-0.1, -0.05) is 17.7 Å². The first-order valence-corrected chi connectivity index (χ1v) is 8.55. The molecule has 2 aromatic rings. The van der Waals surface area contributed by atoms with Crippen molar-refractivity contribution < 1.29 is 4.79 Å². The summed E-state index contributed by atoms with van der Waals surface area (Å²) < 4.78 is 0. The van der Waals surface area contributed by atoms with Crippen LogP contribution in [0, 0.1) is 13.8 Å². The molecule has 2 N–H and O–H groups in total. The number of aryl methyl sites for hydroxylation is 2. The lowest BCUT2D eigenvalue weighted by molar-refractivity contribution is 0.102. The van der Waals surface area contributed by atoms with Crippen molar-refractivity contribution in [2.45, 2.75) is 20.3 Å². The third-order valence-corrected chi connectivity index (χ3v) is 3.95. The first kappa shape index (κ1) is 19.1. The molecule has 0 saturated heterocycles. The molecular formula is C18H24ClN5O. The molecule has 1 heterocycles. The third kappa shape index (κ3) is 5.69. The Kier molecular flexibility index (Phi) is 6.73. The average Bonchev–Trinajstić information content (AvgIpc) is 2.55. The van der Waals surface area contributed by atoms with Crippen LogP contribution < -0.4 is 10.6 Å². The minimum absolute atomic E-state index is 0.245. The van der Waals surface area contributed by atoms with Crippen LogP contribution in [0.1, 0.15) is 28.0 Å². The summed E-state index contributed by atoms with van der Waals surface area (Å²) in [7, 11) is 4.07. The zero-order chi connectivity index (χ0) is 18.4. The fourth-order valence-corrected chi connectivity index (χ4v) is 2.78. The highest BCUT2D eigenvalue weighted by Gasteiger charge is 2.13. The zero-order valence-corrected chi connectivity index (χ0v) is 15.8. The summed E-state index contributed by atoms with van der Waals surface area (Å²) in [4.78, 5) is 14.5. The van der Waals surface area contributed by atoms with Gasteiger partial charge in [0.15, 0.2) is 5.69 Å². The topological polar surface area (TPSA) is 70.2 Å². The number of nitrogens with zero attached hydrogens (tertiary/aromatic N) is 3. The molecule has 6 nitrogen and oxygen atoms in total. The zero-order valence-electron chi connectivity index (χ0n) is 15.1. The number of amides is 1. The Hall–Kier alpha value is -2.18. The van der Waals surface area contributed by atoms with Crippen LogP contribution >= 0.6 is 11.6 Å². The summed E-state index contributed by atoms with van der Waals surface area (Å²) in [5.74, 6) is 0.320. The number of anilines is 2. The number of benzene rings is 1. The van der Waals surface area contributed by atoms with E-state index in [1.165, 1.54) is 0 Å². The maximum atomic E-state index is 12.4. The molecule has 1 aromatic carbocycles. The van der Waals surface area contributed by atoms with Crippen molar-refractivity contribution in [3.8, 4) is 0 Å². The smallest absolute Gasteiger partial charge is 0.276 e. The summed E-state index contributed by atoms with van der Waals surface area (Å²) in [6, 6.07) is 7.18. The van der Waals surface area contributed by atoms with Crippen LogP contribution in [0.15, 0.2) is 24.3 Å². The fraction of sp³-hybridized carbons (Fsp3) is 0.389. The van der Waals surface area contributed by atoms with Crippen molar-refractivity contribution >= 4 is 29.0 Å². The average molecular weight is 362 g/mol. The van der Waals surface area contributed by atoms with Gasteiger partial charge in [-0.2, -0.15) is 0 Å². The Bertz CT molecular complexity index is 708. The molecule has 0 fully saturated rings. The number of carbonyl (C=O) groups is 1. The van der Waals surface area contributed by atoms with Crippen LogP contribution in [0.25, 0.3) is 0 Å². The van der Waals surface area contributed by atoms with Crippen LogP contribution in [0.3, 0.4) is 0 Å². The number of nitrogens with one attached hydrogen (secondary N) is 2. The summed E-state index contributed by atoms with van der Waals surface area (Å²) in [5.41, 5.74) is 2.80. The van der Waals surface area contributed by atoms with E-state index in [1.54, 1.807) is 12.1 Å². The van der Waals surface area contributed by atoms with Gasteiger partial charge in [0.05, 0.1) is 10.7 Å². The van der Waals surface area contributed by atoms with Gasteiger partial charge in [-0.15, -0.1) is 10.2 Å². The molecular weight excluding hydrogens is 338 g/mol. The molecule has 25 heavy (non-hydrogen) atoms. The number of carbonyl (C=O) groups excluding carboxylic acids is 1. The highest BCUT2D eigenvalue weighted by molar-refractivity contribution is 6.34. The quantitative estimate of drug-likeness (QED) is 0.740. The van der Waals surface area contributed by atoms with Crippen molar-refractivity contribution in [3.63, 3.8) is 0 Å². The largest absolute Gasteiger partial charge is 0.369 e. The van der Waals surface area contributed by atoms with Gasteiger partial charge in [0.1, 0.15) is 5.82 Å². The molecule has 7 heteroatoms. The maximum Gasteiger partial charge on any atom is 0.276 e. The van der Waals surface area contributed by atoms with E-state index in [2.05, 4.69) is 25.7 Å². The van der Waals surface area contributed by atoms with E-state index < -0.39 is 0 Å². The molecule has 0 radical (unpaired) electrons. The second-order valence-corrected chi connectivity index (χ2v) is 6.69. The summed E-state index contributed by atoms with van der Waals surface area (Å²) in [5, 5.41) is 14.5. The minimum atomic E-state index is -0.333. The maximum absolute atomic E-state index is 12.4. The SMILES string of the molecule is Cc1cc(C)c(NC(=O)c2ccc(NCCCN(C)C)nn2)c(Cl)c1. The van der Waals surface area contributed by atoms with Crippen LogP contribution in [0.4, 0.5) is 11.5 Å². The summed E-state index contributed by atoms with van der Waals surface area (Å²) in [6.45, 7) is 5.66. The van der Waals surface area contributed by atoms with Crippen molar-refractivity contribution in [2.24, 2.45) is 0 Å². The predicted octanol–water partition coefficient (Wildman–Crippen LogP) is 3.36. The Labute approximate surface area is 153 Å². The number of hydrogen-bond donors (Lipinski definition) is 2. The molecule has 1 amide bonds. The molecule has 0 bridgehead atoms. The van der Waals surface area contributed by atoms with Crippen molar-refractivity contribution in [3.05, 3.63) is 46.1 Å². The first-order valence-electron chi connectivity index (χ1n) is 8.17. The highest BCUT2D eigenvalue weighted by Crippen LogP contribution is 2.27. The highest BCUT2D eigenvalue weighted by atomic mass is 35.5. The molecule has 0 unspecified atom stereocenters. The lowest BCUT2D eigenvalue weighted by Gasteiger charge is -2.12. The van der Waals surface area contributed by atoms with E-state index in [0.29, 0.717) is 16.5 Å². The number of aromatic nitrogens is 2. The van der Waals surface area contributed by atoms with Gasteiger partial charge < -0.3 is 15.5 Å². The van der Waals surface area contributed by atoms with Crippen molar-refractivity contribution in [1.82, 2.24) is 15.1 Å². The van der Waals surface area contributed by atoms with E-state index in [0.717, 1.165) is 30.6 Å². The lowest BCUT2D eigenvalue weighted by Crippen LogP contribution is -2.18. The lowest BCUT2D eigenvalue weighted by atomic mass is 10.1. The molecule has 0 aliphatic heterocycles. The van der Waals surface area contributed by atoms with Crippen LogP contribution in [-0.4, -0.2) is 48.2 Å². The minimum Gasteiger partial charge on any atom is -0.369 e. The first-order chi connectivity index (χ1) is 11.9. The van der Waals surface area contributed by atoms with E-state index >= 15 is 0 Å². The van der Waals surface area contributed by atoms with E-state index in [9.17, 15) is 4.79 Å². The van der Waals surface area contributed by atoms with Crippen LogP contribution in [0.5, 0.6) is 0 Å². The van der Waals surface area contributed by atoms with Gasteiger partial charge in [-0.3, -0.25) is 4.79 Å². The van der Waals surface area contributed by atoms with Crippen molar-refractivity contribution in [2.75, 3.05) is 37.8 Å². The van der Waals surface area contributed by atoms with Gasteiger partial charge >= 0.3 is 0 Å². The van der Waals surface area contributed by atoms with Gasteiger partial charge in [-0.05, 0) is 70.2 Å². The Morgan fingerprint density at radius 1 is 1.20 bits per heavy atom. The van der Waals surface area contributed by atoms with Crippen LogP contribution in [-0.2, 0) is 0 Å². The molecule has 0 spiro atoms. The molecule has 2 rings (SSSR count). The van der Waals surface area contributed by atoms with E-state index in [-0.39, 0.29) is 11.6 Å². The molecule has 0 aliphatic rings. The molecule has 0 atom stereocenters.